The third-order valence-corrected chi connectivity index (χ3v) is 4.96. The number of anilines is 1. The topological polar surface area (TPSA) is 46.8 Å². The first-order valence-electron chi connectivity index (χ1n) is 9.20. The molecule has 1 atom stereocenters. The molecule has 0 amide bonds. The molecule has 0 bridgehead atoms. The highest BCUT2D eigenvalue weighted by molar-refractivity contribution is 5.41. The molecule has 1 aliphatic rings. The smallest absolute Gasteiger partial charge is 0.356 e. The van der Waals surface area contributed by atoms with Crippen molar-refractivity contribution in [3.05, 3.63) is 72.2 Å². The van der Waals surface area contributed by atoms with E-state index < -0.39 is 11.9 Å². The third-order valence-electron chi connectivity index (χ3n) is 4.96. The highest BCUT2D eigenvalue weighted by Crippen LogP contribution is 2.32. The zero-order chi connectivity index (χ0) is 19.6. The summed E-state index contributed by atoms with van der Waals surface area (Å²) in [6.45, 7) is 1.95. The fourth-order valence-corrected chi connectivity index (χ4v) is 3.66. The number of alkyl halides is 3. The minimum absolute atomic E-state index is 0.136. The van der Waals surface area contributed by atoms with Crippen LogP contribution in [-0.4, -0.2) is 32.6 Å². The molecule has 8 heteroatoms. The van der Waals surface area contributed by atoms with Gasteiger partial charge in [0, 0.05) is 43.8 Å². The van der Waals surface area contributed by atoms with Crippen LogP contribution in [0.15, 0.2) is 55.1 Å². The maximum atomic E-state index is 13.0. The number of hydrogen-bond acceptors (Lipinski definition) is 4. The van der Waals surface area contributed by atoms with Gasteiger partial charge in [0.15, 0.2) is 0 Å². The number of nitrogens with zero attached hydrogens (tertiary/aromatic N) is 5. The van der Waals surface area contributed by atoms with Crippen LogP contribution in [0.4, 0.5) is 19.0 Å². The maximum absolute atomic E-state index is 13.0. The van der Waals surface area contributed by atoms with E-state index in [2.05, 4.69) is 19.5 Å². The number of rotatable bonds is 4. The summed E-state index contributed by atoms with van der Waals surface area (Å²) in [5, 5.41) is 0. The van der Waals surface area contributed by atoms with Gasteiger partial charge in [-0.15, -0.1) is 0 Å². The van der Waals surface area contributed by atoms with E-state index >= 15 is 0 Å². The fraction of sp³-hybridized carbons (Fsp3) is 0.350. The van der Waals surface area contributed by atoms with Crippen LogP contribution in [0, 0.1) is 0 Å². The van der Waals surface area contributed by atoms with E-state index in [0.717, 1.165) is 30.3 Å². The molecule has 1 saturated heterocycles. The van der Waals surface area contributed by atoms with Gasteiger partial charge in [-0.05, 0) is 36.6 Å². The Bertz CT molecular complexity index is 923. The van der Waals surface area contributed by atoms with Crippen LogP contribution in [0.1, 0.15) is 35.8 Å². The summed E-state index contributed by atoms with van der Waals surface area (Å²) in [6.07, 6.45) is 4.65. The molecule has 0 radical (unpaired) electrons. The normalized spacial score (nSPS) is 17.7. The van der Waals surface area contributed by atoms with Gasteiger partial charge in [0.05, 0.1) is 6.54 Å². The molecule has 0 N–H and O–H groups in total. The Morgan fingerprint density at radius 3 is 2.79 bits per heavy atom. The Labute approximate surface area is 160 Å². The van der Waals surface area contributed by atoms with E-state index in [1.54, 1.807) is 18.5 Å². The lowest BCUT2D eigenvalue weighted by atomic mass is 9.97. The predicted octanol–water partition coefficient (Wildman–Crippen LogP) is 4.12. The van der Waals surface area contributed by atoms with Crippen molar-refractivity contribution in [2.45, 2.75) is 31.5 Å². The summed E-state index contributed by atoms with van der Waals surface area (Å²) in [4.78, 5) is 14.4. The van der Waals surface area contributed by atoms with E-state index in [4.69, 9.17) is 0 Å². The number of aromatic nitrogens is 4. The highest BCUT2D eigenvalue weighted by Gasteiger charge is 2.33. The summed E-state index contributed by atoms with van der Waals surface area (Å²) in [5.41, 5.74) is 0.221. The van der Waals surface area contributed by atoms with Crippen LogP contribution in [0.3, 0.4) is 0 Å². The zero-order valence-corrected chi connectivity index (χ0v) is 15.2. The highest BCUT2D eigenvalue weighted by atomic mass is 19.4. The van der Waals surface area contributed by atoms with Crippen LogP contribution in [-0.2, 0) is 12.7 Å². The molecular formula is C20H20F3N5. The molecule has 0 aliphatic carbocycles. The number of hydrogen-bond donors (Lipinski definition) is 0. The molecule has 0 aromatic carbocycles. The first kappa shape index (κ1) is 18.5. The quantitative estimate of drug-likeness (QED) is 0.676. The largest absolute Gasteiger partial charge is 0.433 e. The zero-order valence-electron chi connectivity index (χ0n) is 15.2. The molecular weight excluding hydrogens is 367 g/mol. The molecule has 1 fully saturated rings. The predicted molar refractivity (Wildman–Crippen MR) is 99.0 cm³/mol. The summed E-state index contributed by atoms with van der Waals surface area (Å²) >= 11 is 0. The molecule has 4 rings (SSSR count). The molecule has 5 nitrogen and oxygen atoms in total. The van der Waals surface area contributed by atoms with E-state index in [-0.39, 0.29) is 5.92 Å². The number of halogens is 3. The molecule has 1 aliphatic heterocycles. The van der Waals surface area contributed by atoms with Crippen LogP contribution in [0.2, 0.25) is 0 Å². The number of pyridine rings is 2. The van der Waals surface area contributed by atoms with Crippen LogP contribution in [0.25, 0.3) is 0 Å². The summed E-state index contributed by atoms with van der Waals surface area (Å²) in [7, 11) is 0. The Morgan fingerprint density at radius 1 is 1.11 bits per heavy atom. The van der Waals surface area contributed by atoms with Gasteiger partial charge in [0.25, 0.3) is 0 Å². The molecule has 0 unspecified atom stereocenters. The minimum atomic E-state index is -4.44. The molecule has 0 spiro atoms. The second kappa shape index (κ2) is 7.61. The summed E-state index contributed by atoms with van der Waals surface area (Å²) in [5.74, 6) is 1.45. The van der Waals surface area contributed by atoms with Crippen LogP contribution in [0.5, 0.6) is 0 Å². The van der Waals surface area contributed by atoms with Crippen LogP contribution >= 0.6 is 0 Å². The lowest BCUT2D eigenvalue weighted by Crippen LogP contribution is -2.36. The van der Waals surface area contributed by atoms with Gasteiger partial charge in [0.2, 0.25) is 0 Å². The molecule has 4 heterocycles. The van der Waals surface area contributed by atoms with Crippen molar-refractivity contribution in [1.29, 1.82) is 0 Å². The van der Waals surface area contributed by atoms with Crippen molar-refractivity contribution >= 4 is 5.82 Å². The van der Waals surface area contributed by atoms with Crippen molar-refractivity contribution < 1.29 is 13.2 Å². The number of piperidine rings is 1. The Morgan fingerprint density at radius 2 is 2.00 bits per heavy atom. The van der Waals surface area contributed by atoms with Gasteiger partial charge in [-0.1, -0.05) is 12.1 Å². The van der Waals surface area contributed by atoms with Crippen LogP contribution < -0.4 is 4.90 Å². The van der Waals surface area contributed by atoms with Crippen molar-refractivity contribution in [1.82, 2.24) is 19.5 Å². The molecule has 3 aromatic heterocycles. The molecule has 28 heavy (non-hydrogen) atoms. The lowest BCUT2D eigenvalue weighted by molar-refractivity contribution is -0.141. The molecule has 0 saturated carbocycles. The standard InChI is InChI=1S/C20H20F3N5/c21-20(22,23)17-6-1-7-18(26-17)27-10-3-5-16(14-27)19-25-9-11-28(19)13-15-4-2-8-24-12-15/h1-2,4,6-9,11-12,16H,3,5,10,13-14H2/t16-/m1/s1. The Hall–Kier alpha value is -2.90. The van der Waals surface area contributed by atoms with Gasteiger partial charge < -0.3 is 9.47 Å². The Balaban J connectivity index is 1.53. The maximum Gasteiger partial charge on any atom is 0.433 e. The lowest BCUT2D eigenvalue weighted by Gasteiger charge is -2.33. The van der Waals surface area contributed by atoms with Crippen molar-refractivity contribution in [2.24, 2.45) is 0 Å². The first-order chi connectivity index (χ1) is 13.5. The van der Waals surface area contributed by atoms with E-state index in [1.165, 1.54) is 6.07 Å². The third kappa shape index (κ3) is 4.00. The van der Waals surface area contributed by atoms with Crippen molar-refractivity contribution in [2.75, 3.05) is 18.0 Å². The van der Waals surface area contributed by atoms with E-state index in [0.29, 0.717) is 25.5 Å². The van der Waals surface area contributed by atoms with Gasteiger partial charge >= 0.3 is 6.18 Å². The molecule has 3 aromatic rings. The van der Waals surface area contributed by atoms with E-state index in [1.807, 2.05) is 29.4 Å². The first-order valence-corrected chi connectivity index (χ1v) is 9.20. The van der Waals surface area contributed by atoms with Gasteiger partial charge in [0.1, 0.15) is 17.3 Å². The average Bonchev–Trinajstić information content (AvgIpc) is 3.16. The second-order valence-electron chi connectivity index (χ2n) is 6.94. The summed E-state index contributed by atoms with van der Waals surface area (Å²) in [6, 6.07) is 7.97. The monoisotopic (exact) mass is 387 g/mol. The van der Waals surface area contributed by atoms with Crippen molar-refractivity contribution in [3.63, 3.8) is 0 Å². The van der Waals surface area contributed by atoms with Gasteiger partial charge in [-0.25, -0.2) is 9.97 Å². The SMILES string of the molecule is FC(F)(F)c1cccc(N2CCC[C@@H](c3nccn3Cc3cccnc3)C2)n1. The summed E-state index contributed by atoms with van der Waals surface area (Å²) < 4.78 is 41.1. The number of imidazole rings is 1. The minimum Gasteiger partial charge on any atom is -0.356 e. The van der Waals surface area contributed by atoms with Gasteiger partial charge in [-0.3, -0.25) is 4.98 Å². The van der Waals surface area contributed by atoms with Gasteiger partial charge in [-0.2, -0.15) is 13.2 Å². The average molecular weight is 387 g/mol. The Kier molecular flexibility index (Phi) is 5.02. The fourth-order valence-electron chi connectivity index (χ4n) is 3.66. The second-order valence-corrected chi connectivity index (χ2v) is 6.94. The van der Waals surface area contributed by atoms with E-state index in [9.17, 15) is 13.2 Å². The van der Waals surface area contributed by atoms with Crippen molar-refractivity contribution in [3.8, 4) is 0 Å². The molecule has 146 valence electrons.